The molecular formula is C17H21N5OS. The van der Waals surface area contributed by atoms with Gasteiger partial charge in [0.25, 0.3) is 0 Å². The standard InChI is InChI=1S/C17H21N5OS/c1-2-14(24-17-19-16(18)20-21-17)15(23)22-10-8-13(9-11-22)12-6-4-3-5-7-12/h3-8,14H,2,9-11H2,1H3,(H3,18,19,20,21). The molecule has 2 heterocycles. The van der Waals surface area contributed by atoms with E-state index >= 15 is 0 Å². The first-order valence-electron chi connectivity index (χ1n) is 8.05. The molecule has 1 aliphatic rings. The van der Waals surface area contributed by atoms with Crippen molar-refractivity contribution in [2.75, 3.05) is 18.8 Å². The summed E-state index contributed by atoms with van der Waals surface area (Å²) in [5, 5.41) is 6.93. The topological polar surface area (TPSA) is 87.9 Å². The average Bonchev–Trinajstić information content (AvgIpc) is 3.05. The largest absolute Gasteiger partial charge is 0.368 e. The van der Waals surface area contributed by atoms with Gasteiger partial charge in [-0.25, -0.2) is 5.10 Å². The number of carbonyl (C=O) groups is 1. The first kappa shape index (κ1) is 16.6. The number of aromatic nitrogens is 3. The molecular weight excluding hydrogens is 322 g/mol. The number of thioether (sulfide) groups is 1. The van der Waals surface area contributed by atoms with E-state index in [4.69, 9.17) is 5.73 Å². The van der Waals surface area contributed by atoms with E-state index in [0.717, 1.165) is 19.4 Å². The molecule has 24 heavy (non-hydrogen) atoms. The van der Waals surface area contributed by atoms with Crippen molar-refractivity contribution in [2.24, 2.45) is 0 Å². The van der Waals surface area contributed by atoms with Crippen LogP contribution < -0.4 is 5.73 Å². The maximum absolute atomic E-state index is 12.8. The van der Waals surface area contributed by atoms with Crippen LogP contribution in [0.4, 0.5) is 5.95 Å². The van der Waals surface area contributed by atoms with Gasteiger partial charge >= 0.3 is 0 Å². The van der Waals surface area contributed by atoms with Crippen LogP contribution in [-0.2, 0) is 4.79 Å². The SMILES string of the molecule is CCC(Sc1n[nH]c(N)n1)C(=O)N1CC=C(c2ccccc2)CC1. The Morgan fingerprint density at radius 2 is 2.21 bits per heavy atom. The number of hydrogen-bond acceptors (Lipinski definition) is 5. The number of H-pyrrole nitrogens is 1. The molecule has 1 aliphatic heterocycles. The number of benzene rings is 1. The molecule has 3 rings (SSSR count). The van der Waals surface area contributed by atoms with Gasteiger partial charge in [-0.3, -0.25) is 4.79 Å². The number of amides is 1. The molecule has 1 atom stereocenters. The third kappa shape index (κ3) is 3.79. The summed E-state index contributed by atoms with van der Waals surface area (Å²) in [6.07, 6.45) is 3.76. The van der Waals surface area contributed by atoms with E-state index in [1.54, 1.807) is 0 Å². The minimum atomic E-state index is -0.188. The fourth-order valence-corrected chi connectivity index (χ4v) is 3.65. The third-order valence-corrected chi connectivity index (χ3v) is 5.25. The summed E-state index contributed by atoms with van der Waals surface area (Å²) in [4.78, 5) is 18.7. The van der Waals surface area contributed by atoms with Crippen molar-refractivity contribution in [1.29, 1.82) is 0 Å². The summed E-state index contributed by atoms with van der Waals surface area (Å²) in [5.74, 6) is 0.405. The number of anilines is 1. The highest BCUT2D eigenvalue weighted by molar-refractivity contribution is 8.00. The Bertz CT molecular complexity index is 728. The minimum Gasteiger partial charge on any atom is -0.368 e. The fraction of sp³-hybridized carbons (Fsp3) is 0.353. The molecule has 1 amide bonds. The summed E-state index contributed by atoms with van der Waals surface area (Å²) in [6.45, 7) is 3.39. The number of carbonyl (C=O) groups excluding carboxylic acids is 1. The van der Waals surface area contributed by atoms with E-state index in [2.05, 4.69) is 33.4 Å². The van der Waals surface area contributed by atoms with Crippen LogP contribution in [0.5, 0.6) is 0 Å². The molecule has 2 aromatic rings. The van der Waals surface area contributed by atoms with Crippen LogP contribution in [-0.4, -0.2) is 44.3 Å². The normalized spacial score (nSPS) is 15.9. The number of nitrogen functional groups attached to an aromatic ring is 1. The molecule has 0 spiro atoms. The molecule has 126 valence electrons. The molecule has 0 radical (unpaired) electrons. The molecule has 1 unspecified atom stereocenters. The highest BCUT2D eigenvalue weighted by atomic mass is 32.2. The van der Waals surface area contributed by atoms with Crippen LogP contribution in [0.15, 0.2) is 41.6 Å². The van der Waals surface area contributed by atoms with Crippen LogP contribution in [0, 0.1) is 0 Å². The third-order valence-electron chi connectivity index (χ3n) is 4.04. The smallest absolute Gasteiger partial charge is 0.236 e. The molecule has 6 nitrogen and oxygen atoms in total. The van der Waals surface area contributed by atoms with Crippen LogP contribution in [0.25, 0.3) is 5.57 Å². The lowest BCUT2D eigenvalue weighted by Crippen LogP contribution is -2.40. The zero-order valence-electron chi connectivity index (χ0n) is 13.6. The number of rotatable bonds is 5. The number of hydrogen-bond donors (Lipinski definition) is 2. The molecule has 1 aromatic carbocycles. The van der Waals surface area contributed by atoms with E-state index in [9.17, 15) is 4.79 Å². The Balaban J connectivity index is 1.64. The van der Waals surface area contributed by atoms with Crippen molar-refractivity contribution in [3.8, 4) is 0 Å². The molecule has 1 aromatic heterocycles. The summed E-state index contributed by atoms with van der Waals surface area (Å²) >= 11 is 1.36. The van der Waals surface area contributed by atoms with Crippen molar-refractivity contribution in [3.63, 3.8) is 0 Å². The van der Waals surface area contributed by atoms with Gasteiger partial charge in [-0.2, -0.15) is 4.98 Å². The van der Waals surface area contributed by atoms with E-state index in [0.29, 0.717) is 11.7 Å². The van der Waals surface area contributed by atoms with Gasteiger partial charge in [-0.1, -0.05) is 55.1 Å². The monoisotopic (exact) mass is 343 g/mol. The Hall–Kier alpha value is -2.28. The van der Waals surface area contributed by atoms with E-state index in [-0.39, 0.29) is 17.1 Å². The Kier molecular flexibility index (Phi) is 5.20. The Labute approximate surface area is 145 Å². The first-order valence-corrected chi connectivity index (χ1v) is 8.93. The van der Waals surface area contributed by atoms with E-state index in [1.165, 1.54) is 22.9 Å². The molecule has 0 bridgehead atoms. The lowest BCUT2D eigenvalue weighted by molar-refractivity contribution is -0.130. The molecule has 0 saturated heterocycles. The highest BCUT2D eigenvalue weighted by Gasteiger charge is 2.26. The zero-order chi connectivity index (χ0) is 16.9. The predicted molar refractivity (Wildman–Crippen MR) is 96.3 cm³/mol. The van der Waals surface area contributed by atoms with Crippen LogP contribution in [0.3, 0.4) is 0 Å². The number of nitrogens with zero attached hydrogens (tertiary/aromatic N) is 3. The van der Waals surface area contributed by atoms with Crippen LogP contribution >= 0.6 is 11.8 Å². The quantitative estimate of drug-likeness (QED) is 0.815. The van der Waals surface area contributed by atoms with Crippen molar-refractivity contribution in [3.05, 3.63) is 42.0 Å². The van der Waals surface area contributed by atoms with Crippen molar-refractivity contribution in [2.45, 2.75) is 30.2 Å². The lowest BCUT2D eigenvalue weighted by Gasteiger charge is -2.29. The highest BCUT2D eigenvalue weighted by Crippen LogP contribution is 2.27. The van der Waals surface area contributed by atoms with Gasteiger partial charge < -0.3 is 10.6 Å². The molecule has 0 fully saturated rings. The fourth-order valence-electron chi connectivity index (χ4n) is 2.73. The maximum atomic E-state index is 12.8. The van der Waals surface area contributed by atoms with Crippen LogP contribution in [0.1, 0.15) is 25.3 Å². The van der Waals surface area contributed by atoms with Crippen LogP contribution in [0.2, 0.25) is 0 Å². The van der Waals surface area contributed by atoms with Crippen molar-refractivity contribution >= 4 is 29.2 Å². The summed E-state index contributed by atoms with van der Waals surface area (Å²) in [7, 11) is 0. The molecule has 3 N–H and O–H groups in total. The maximum Gasteiger partial charge on any atom is 0.236 e. The number of nitrogens with two attached hydrogens (primary N) is 1. The summed E-state index contributed by atoms with van der Waals surface area (Å²) in [6, 6.07) is 10.3. The zero-order valence-corrected chi connectivity index (χ0v) is 14.4. The Morgan fingerprint density at radius 3 is 2.79 bits per heavy atom. The van der Waals surface area contributed by atoms with Gasteiger partial charge in [0.05, 0.1) is 5.25 Å². The summed E-state index contributed by atoms with van der Waals surface area (Å²) < 4.78 is 0. The molecule has 0 aliphatic carbocycles. The molecule has 7 heteroatoms. The van der Waals surface area contributed by atoms with Gasteiger partial charge in [0.1, 0.15) is 0 Å². The summed E-state index contributed by atoms with van der Waals surface area (Å²) in [5.41, 5.74) is 8.09. The lowest BCUT2D eigenvalue weighted by atomic mass is 9.99. The number of nitrogens with one attached hydrogen (secondary N) is 1. The average molecular weight is 343 g/mol. The van der Waals surface area contributed by atoms with Crippen molar-refractivity contribution in [1.82, 2.24) is 20.1 Å². The van der Waals surface area contributed by atoms with E-state index in [1.807, 2.05) is 30.0 Å². The second kappa shape index (κ2) is 7.53. The van der Waals surface area contributed by atoms with Gasteiger partial charge in [0.15, 0.2) is 0 Å². The predicted octanol–water partition coefficient (Wildman–Crippen LogP) is 2.57. The number of aromatic amines is 1. The Morgan fingerprint density at radius 1 is 1.42 bits per heavy atom. The van der Waals surface area contributed by atoms with Gasteiger partial charge in [-0.15, -0.1) is 5.10 Å². The van der Waals surface area contributed by atoms with E-state index < -0.39 is 0 Å². The second-order valence-corrected chi connectivity index (χ2v) is 6.82. The van der Waals surface area contributed by atoms with Crippen molar-refractivity contribution < 1.29 is 4.79 Å². The first-order chi connectivity index (χ1) is 11.7. The van der Waals surface area contributed by atoms with Gasteiger partial charge in [0.2, 0.25) is 17.0 Å². The van der Waals surface area contributed by atoms with Gasteiger partial charge in [-0.05, 0) is 24.0 Å². The minimum absolute atomic E-state index is 0.134. The molecule has 0 saturated carbocycles. The van der Waals surface area contributed by atoms with Gasteiger partial charge in [0, 0.05) is 13.1 Å². The second-order valence-electron chi connectivity index (χ2n) is 5.65.